The van der Waals surface area contributed by atoms with Gasteiger partial charge in [-0.05, 0) is 23.8 Å². The number of carbonyl (C=O) groups is 1. The van der Waals surface area contributed by atoms with Crippen molar-refractivity contribution in [1.82, 2.24) is 14.7 Å². The number of hydrogen-bond acceptors (Lipinski definition) is 3. The van der Waals surface area contributed by atoms with Gasteiger partial charge in [-0.1, -0.05) is 11.6 Å². The van der Waals surface area contributed by atoms with Gasteiger partial charge in [0.2, 0.25) is 5.91 Å². The summed E-state index contributed by atoms with van der Waals surface area (Å²) in [5, 5.41) is 4.65. The minimum Gasteiger partial charge on any atom is -0.369 e. The van der Waals surface area contributed by atoms with Crippen LogP contribution in [-0.2, 0) is 18.4 Å². The number of amides is 1. The molecule has 2 aromatic rings. The fraction of sp³-hybridized carbons (Fsp3) is 0.375. The van der Waals surface area contributed by atoms with Crippen molar-refractivity contribution in [3.63, 3.8) is 0 Å². The van der Waals surface area contributed by atoms with Gasteiger partial charge in [0.25, 0.3) is 0 Å². The van der Waals surface area contributed by atoms with Crippen LogP contribution < -0.4 is 5.73 Å². The van der Waals surface area contributed by atoms with Crippen LogP contribution in [0.5, 0.6) is 0 Å². The lowest BCUT2D eigenvalue weighted by atomic mass is 9.90. The third-order valence-corrected chi connectivity index (χ3v) is 4.55. The highest BCUT2D eigenvalue weighted by molar-refractivity contribution is 6.30. The molecule has 1 aliphatic rings. The monoisotopic (exact) mass is 336 g/mol. The molecule has 1 aromatic carbocycles. The van der Waals surface area contributed by atoms with E-state index in [2.05, 4.69) is 5.10 Å². The maximum absolute atomic E-state index is 13.9. The van der Waals surface area contributed by atoms with Gasteiger partial charge in [0.1, 0.15) is 5.82 Å². The van der Waals surface area contributed by atoms with Crippen LogP contribution in [0.15, 0.2) is 30.6 Å². The largest absolute Gasteiger partial charge is 0.369 e. The number of aromatic nitrogens is 2. The normalized spacial score (nSPS) is 21.7. The first-order valence-electron chi connectivity index (χ1n) is 7.38. The van der Waals surface area contributed by atoms with Crippen LogP contribution >= 0.6 is 11.6 Å². The molecular weight excluding hydrogens is 319 g/mol. The Bertz CT molecular complexity index is 733. The number of benzene rings is 1. The Hall–Kier alpha value is -1.92. The van der Waals surface area contributed by atoms with E-state index in [9.17, 15) is 9.18 Å². The summed E-state index contributed by atoms with van der Waals surface area (Å²) < 4.78 is 15.6. The topological polar surface area (TPSA) is 64.2 Å². The molecule has 0 unspecified atom stereocenters. The van der Waals surface area contributed by atoms with Gasteiger partial charge < -0.3 is 5.73 Å². The van der Waals surface area contributed by atoms with Crippen molar-refractivity contribution in [3.8, 4) is 0 Å². The minimum atomic E-state index is -0.340. The fourth-order valence-electron chi connectivity index (χ4n) is 3.18. The molecule has 2 heterocycles. The zero-order valence-corrected chi connectivity index (χ0v) is 13.5. The molecule has 0 radical (unpaired) electrons. The Labute approximate surface area is 138 Å². The van der Waals surface area contributed by atoms with Gasteiger partial charge in [-0.15, -0.1) is 0 Å². The number of carbonyl (C=O) groups excluding carboxylic acids is 1. The zero-order chi connectivity index (χ0) is 16.6. The van der Waals surface area contributed by atoms with Crippen LogP contribution in [0.1, 0.15) is 17.0 Å². The molecule has 5 nitrogen and oxygen atoms in total. The standard InChI is InChI=1S/C16H18ClFN4O/c1-21-6-11(5-20-21)13-8-22(9-14(13)16(19)23)7-10-4-12(17)2-3-15(10)18/h2-6,13-14H,7-9H2,1H3,(H2,19,23)/t13-,14+/m1/s1. The van der Waals surface area contributed by atoms with Crippen LogP contribution in [0.3, 0.4) is 0 Å². The third kappa shape index (κ3) is 3.38. The lowest BCUT2D eigenvalue weighted by Gasteiger charge is -2.16. The highest BCUT2D eigenvalue weighted by atomic mass is 35.5. The Morgan fingerprint density at radius 3 is 2.91 bits per heavy atom. The molecule has 3 rings (SSSR count). The van der Waals surface area contributed by atoms with E-state index in [1.165, 1.54) is 12.1 Å². The second-order valence-corrected chi connectivity index (χ2v) is 6.43. The summed E-state index contributed by atoms with van der Waals surface area (Å²) in [5.74, 6) is -0.965. The van der Waals surface area contributed by atoms with Crippen molar-refractivity contribution in [3.05, 3.63) is 52.6 Å². The molecule has 0 spiro atoms. The molecule has 2 atom stereocenters. The molecule has 23 heavy (non-hydrogen) atoms. The SMILES string of the molecule is Cn1cc([C@H]2CN(Cc3cc(Cl)ccc3F)C[C@@H]2C(N)=O)cn1. The zero-order valence-electron chi connectivity index (χ0n) is 12.7. The van der Waals surface area contributed by atoms with Gasteiger partial charge in [-0.2, -0.15) is 5.10 Å². The van der Waals surface area contributed by atoms with Crippen LogP contribution in [-0.4, -0.2) is 33.7 Å². The summed E-state index contributed by atoms with van der Waals surface area (Å²) in [5.41, 5.74) is 7.05. The van der Waals surface area contributed by atoms with E-state index in [0.717, 1.165) is 5.56 Å². The predicted molar refractivity (Wildman–Crippen MR) is 85.3 cm³/mol. The maximum atomic E-state index is 13.9. The van der Waals surface area contributed by atoms with Gasteiger partial charge in [-0.25, -0.2) is 4.39 Å². The highest BCUT2D eigenvalue weighted by Gasteiger charge is 2.38. The van der Waals surface area contributed by atoms with Crippen molar-refractivity contribution in [2.24, 2.45) is 18.7 Å². The number of nitrogens with zero attached hydrogens (tertiary/aromatic N) is 3. The second kappa shape index (κ2) is 6.29. The summed E-state index contributed by atoms with van der Waals surface area (Å²) in [4.78, 5) is 13.8. The molecule has 1 amide bonds. The van der Waals surface area contributed by atoms with Gasteiger partial charge in [0, 0.05) is 49.4 Å². The molecule has 122 valence electrons. The van der Waals surface area contributed by atoms with Gasteiger partial charge in [0.15, 0.2) is 0 Å². The molecular formula is C16H18ClFN4O. The van der Waals surface area contributed by atoms with Crippen molar-refractivity contribution in [2.75, 3.05) is 13.1 Å². The number of aryl methyl sites for hydroxylation is 1. The lowest BCUT2D eigenvalue weighted by molar-refractivity contribution is -0.121. The Kier molecular flexibility index (Phi) is 4.37. The number of likely N-dealkylation sites (tertiary alicyclic amines) is 1. The Balaban J connectivity index is 1.80. The first kappa shape index (κ1) is 16.0. The first-order chi connectivity index (χ1) is 10.9. The summed E-state index contributed by atoms with van der Waals surface area (Å²) in [6.07, 6.45) is 3.65. The average Bonchev–Trinajstić information content (AvgIpc) is 3.09. The van der Waals surface area contributed by atoms with Crippen LogP contribution in [0.25, 0.3) is 0 Å². The molecule has 1 fully saturated rings. The summed E-state index contributed by atoms with van der Waals surface area (Å²) in [7, 11) is 1.83. The predicted octanol–water partition coefficient (Wildman–Crippen LogP) is 1.91. The van der Waals surface area contributed by atoms with Crippen molar-refractivity contribution < 1.29 is 9.18 Å². The maximum Gasteiger partial charge on any atom is 0.222 e. The first-order valence-corrected chi connectivity index (χ1v) is 7.76. The van der Waals surface area contributed by atoms with Gasteiger partial charge in [0.05, 0.1) is 12.1 Å². The molecule has 0 aliphatic carbocycles. The second-order valence-electron chi connectivity index (χ2n) is 5.99. The van der Waals surface area contributed by atoms with E-state index in [-0.39, 0.29) is 23.6 Å². The number of rotatable bonds is 4. The molecule has 0 saturated carbocycles. The Morgan fingerprint density at radius 1 is 1.48 bits per heavy atom. The van der Waals surface area contributed by atoms with Crippen LogP contribution in [0, 0.1) is 11.7 Å². The minimum absolute atomic E-state index is 0.0246. The van der Waals surface area contributed by atoms with E-state index < -0.39 is 0 Å². The Morgan fingerprint density at radius 2 is 2.26 bits per heavy atom. The van der Waals surface area contributed by atoms with Crippen molar-refractivity contribution in [1.29, 1.82) is 0 Å². The summed E-state index contributed by atoms with van der Waals surface area (Å²) in [6, 6.07) is 4.50. The van der Waals surface area contributed by atoms with E-state index >= 15 is 0 Å². The van der Waals surface area contributed by atoms with Crippen LogP contribution in [0.4, 0.5) is 4.39 Å². The van der Waals surface area contributed by atoms with Crippen molar-refractivity contribution in [2.45, 2.75) is 12.5 Å². The molecule has 1 aromatic heterocycles. The molecule has 7 heteroatoms. The van der Waals surface area contributed by atoms with E-state index in [0.29, 0.717) is 30.2 Å². The molecule has 2 N–H and O–H groups in total. The quantitative estimate of drug-likeness (QED) is 0.927. The van der Waals surface area contributed by atoms with Gasteiger partial charge in [-0.3, -0.25) is 14.4 Å². The lowest BCUT2D eigenvalue weighted by Crippen LogP contribution is -2.29. The third-order valence-electron chi connectivity index (χ3n) is 4.32. The van der Waals surface area contributed by atoms with Gasteiger partial charge >= 0.3 is 0 Å². The number of hydrogen-bond donors (Lipinski definition) is 1. The van der Waals surface area contributed by atoms with E-state index in [1.54, 1.807) is 16.9 Å². The highest BCUT2D eigenvalue weighted by Crippen LogP contribution is 2.33. The average molecular weight is 337 g/mol. The number of nitrogens with two attached hydrogens (primary N) is 1. The molecule has 1 saturated heterocycles. The molecule has 1 aliphatic heterocycles. The fourth-order valence-corrected chi connectivity index (χ4v) is 3.37. The summed E-state index contributed by atoms with van der Waals surface area (Å²) in [6.45, 7) is 1.53. The number of halogens is 2. The van der Waals surface area contributed by atoms with Crippen LogP contribution in [0.2, 0.25) is 5.02 Å². The van der Waals surface area contributed by atoms with E-state index in [4.69, 9.17) is 17.3 Å². The number of primary amides is 1. The summed E-state index contributed by atoms with van der Waals surface area (Å²) >= 11 is 5.94. The molecule has 0 bridgehead atoms. The van der Waals surface area contributed by atoms with Crippen molar-refractivity contribution >= 4 is 17.5 Å². The smallest absolute Gasteiger partial charge is 0.222 e. The van der Waals surface area contributed by atoms with E-state index in [1.807, 2.05) is 18.1 Å².